The molecule has 206 valence electrons. The van der Waals surface area contributed by atoms with Crippen LogP contribution in [-0.4, -0.2) is 51.7 Å². The average Bonchev–Trinajstić information content (AvgIpc) is 2.91. The highest BCUT2D eigenvalue weighted by atomic mass is 32.2. The van der Waals surface area contributed by atoms with Crippen molar-refractivity contribution in [1.29, 1.82) is 0 Å². The number of nitrogens with one attached hydrogen (secondary N) is 1. The number of amides is 1. The summed E-state index contributed by atoms with van der Waals surface area (Å²) in [6.45, 7) is 1.77. The molecule has 0 saturated carbocycles. The van der Waals surface area contributed by atoms with Gasteiger partial charge in [0.15, 0.2) is 11.4 Å². The fourth-order valence-electron chi connectivity index (χ4n) is 4.07. The van der Waals surface area contributed by atoms with Gasteiger partial charge in [-0.25, -0.2) is 0 Å². The predicted octanol–water partition coefficient (Wildman–Crippen LogP) is 4.17. The Hall–Kier alpha value is -4.02. The minimum atomic E-state index is -4.17. The fourth-order valence-corrected chi connectivity index (χ4v) is 4.87. The molecule has 0 fully saturated rings. The van der Waals surface area contributed by atoms with Gasteiger partial charge in [0.2, 0.25) is 0 Å². The highest BCUT2D eigenvalue weighted by molar-refractivity contribution is 7.86. The number of esters is 1. The number of carbonyl (C=O) groups excluding carboxylic acids is 3. The zero-order chi connectivity index (χ0) is 28.5. The van der Waals surface area contributed by atoms with Crippen molar-refractivity contribution in [2.24, 2.45) is 0 Å². The van der Waals surface area contributed by atoms with Gasteiger partial charge in [-0.3, -0.25) is 18.6 Å². The molecule has 0 saturated heterocycles. The summed E-state index contributed by atoms with van der Waals surface area (Å²) < 4.78 is 40.4. The number of methoxy groups -OCH3 is 1. The molecular weight excluding hydrogens is 522 g/mol. The quantitative estimate of drug-likeness (QED) is 0.190. The zero-order valence-electron chi connectivity index (χ0n) is 22.0. The number of ether oxygens (including phenoxy) is 2. The average molecular weight is 554 g/mol. The molecule has 0 aromatic heterocycles. The van der Waals surface area contributed by atoms with Crippen molar-refractivity contribution in [3.8, 4) is 5.75 Å². The van der Waals surface area contributed by atoms with E-state index < -0.39 is 27.6 Å². The van der Waals surface area contributed by atoms with Crippen LogP contribution in [0, 0.1) is 0 Å². The molecule has 0 aliphatic carbocycles. The second kappa shape index (κ2) is 13.2. The van der Waals surface area contributed by atoms with Crippen LogP contribution in [0.4, 0.5) is 5.69 Å². The first-order chi connectivity index (χ1) is 18.6. The van der Waals surface area contributed by atoms with Crippen LogP contribution < -0.4 is 10.1 Å². The van der Waals surface area contributed by atoms with E-state index in [2.05, 4.69) is 5.32 Å². The van der Waals surface area contributed by atoms with Crippen molar-refractivity contribution < 1.29 is 36.5 Å². The lowest BCUT2D eigenvalue weighted by Gasteiger charge is -2.31. The third-order valence-electron chi connectivity index (χ3n) is 5.87. The summed E-state index contributed by atoms with van der Waals surface area (Å²) in [6, 6.07) is 21.6. The molecule has 0 bridgehead atoms. The third kappa shape index (κ3) is 8.23. The first-order valence-electron chi connectivity index (χ1n) is 12.3. The van der Waals surface area contributed by atoms with Crippen molar-refractivity contribution in [1.82, 2.24) is 0 Å². The summed E-state index contributed by atoms with van der Waals surface area (Å²) in [6.07, 6.45) is 0.135. The van der Waals surface area contributed by atoms with Gasteiger partial charge in [0.05, 0.1) is 25.7 Å². The van der Waals surface area contributed by atoms with E-state index in [4.69, 9.17) is 13.7 Å². The van der Waals surface area contributed by atoms with Crippen molar-refractivity contribution >= 4 is 33.5 Å². The SMILES string of the molecule is CCOC(=O)CCC(Cc1ccccc1)(OS(C)(=O)=O)C(=O)Nc1ccccc1C(=O)c1ccc(OC)cc1. The summed E-state index contributed by atoms with van der Waals surface area (Å²) in [7, 11) is -2.65. The van der Waals surface area contributed by atoms with Gasteiger partial charge in [-0.1, -0.05) is 42.5 Å². The molecule has 0 heterocycles. The third-order valence-corrected chi connectivity index (χ3v) is 6.49. The smallest absolute Gasteiger partial charge is 0.305 e. The molecule has 1 amide bonds. The van der Waals surface area contributed by atoms with Crippen molar-refractivity contribution in [3.63, 3.8) is 0 Å². The number of benzene rings is 3. The van der Waals surface area contributed by atoms with E-state index in [9.17, 15) is 22.8 Å². The normalized spacial score (nSPS) is 12.7. The Morgan fingerprint density at radius 1 is 0.897 bits per heavy atom. The van der Waals surface area contributed by atoms with E-state index >= 15 is 0 Å². The molecule has 1 unspecified atom stereocenters. The lowest BCUT2D eigenvalue weighted by Crippen LogP contribution is -2.49. The van der Waals surface area contributed by atoms with Crippen molar-refractivity contribution in [3.05, 3.63) is 95.6 Å². The van der Waals surface area contributed by atoms with Crippen LogP contribution in [0.25, 0.3) is 0 Å². The van der Waals surface area contributed by atoms with Crippen LogP contribution in [0.5, 0.6) is 5.75 Å². The van der Waals surface area contributed by atoms with Crippen LogP contribution in [0.2, 0.25) is 0 Å². The topological polar surface area (TPSA) is 125 Å². The maximum Gasteiger partial charge on any atom is 0.305 e. The van der Waals surface area contributed by atoms with Gasteiger partial charge in [0.25, 0.3) is 16.0 Å². The molecule has 0 aliphatic heterocycles. The minimum Gasteiger partial charge on any atom is -0.497 e. The summed E-state index contributed by atoms with van der Waals surface area (Å²) in [5.41, 5.74) is -0.674. The predicted molar refractivity (Wildman–Crippen MR) is 146 cm³/mol. The van der Waals surface area contributed by atoms with Crippen LogP contribution in [-0.2, 0) is 35.0 Å². The van der Waals surface area contributed by atoms with E-state index in [-0.39, 0.29) is 42.9 Å². The Bertz CT molecular complexity index is 1400. The van der Waals surface area contributed by atoms with Crippen molar-refractivity contribution in [2.45, 2.75) is 31.8 Å². The second-order valence-corrected chi connectivity index (χ2v) is 10.4. The maximum absolute atomic E-state index is 13.9. The number of rotatable bonds is 13. The van der Waals surface area contributed by atoms with E-state index in [0.29, 0.717) is 16.9 Å². The Balaban J connectivity index is 2.01. The summed E-state index contributed by atoms with van der Waals surface area (Å²) in [5, 5.41) is 2.70. The molecular formula is C29H31NO8S. The molecule has 1 atom stereocenters. The summed E-state index contributed by atoms with van der Waals surface area (Å²) >= 11 is 0. The first-order valence-corrected chi connectivity index (χ1v) is 14.1. The van der Waals surface area contributed by atoms with E-state index in [1.54, 1.807) is 79.7 Å². The van der Waals surface area contributed by atoms with Gasteiger partial charge < -0.3 is 14.8 Å². The Morgan fingerprint density at radius 3 is 2.15 bits per heavy atom. The lowest BCUT2D eigenvalue weighted by atomic mass is 9.88. The second-order valence-electron chi connectivity index (χ2n) is 8.81. The minimum absolute atomic E-state index is 0.129. The zero-order valence-corrected chi connectivity index (χ0v) is 22.8. The van der Waals surface area contributed by atoms with Gasteiger partial charge in [-0.05, 0) is 55.3 Å². The molecule has 0 aliphatic rings. The Morgan fingerprint density at radius 2 is 1.54 bits per heavy atom. The molecule has 39 heavy (non-hydrogen) atoms. The Kier molecular flexibility index (Phi) is 9.97. The number of ketones is 1. The Labute approximate surface area is 228 Å². The van der Waals surface area contributed by atoms with E-state index in [1.165, 1.54) is 13.2 Å². The summed E-state index contributed by atoms with van der Waals surface area (Å²) in [5.74, 6) is -1.21. The number of carbonyl (C=O) groups is 3. The van der Waals surface area contributed by atoms with Crippen LogP contribution in [0.1, 0.15) is 41.3 Å². The van der Waals surface area contributed by atoms with Crippen LogP contribution >= 0.6 is 0 Å². The molecule has 0 spiro atoms. The van der Waals surface area contributed by atoms with Crippen molar-refractivity contribution in [2.75, 3.05) is 25.3 Å². The monoisotopic (exact) mass is 553 g/mol. The molecule has 3 aromatic carbocycles. The van der Waals surface area contributed by atoms with Gasteiger partial charge in [0, 0.05) is 24.0 Å². The number of hydrogen-bond acceptors (Lipinski definition) is 8. The summed E-state index contributed by atoms with van der Waals surface area (Å²) in [4.78, 5) is 39.4. The highest BCUT2D eigenvalue weighted by Crippen LogP contribution is 2.30. The number of para-hydroxylation sites is 1. The van der Waals surface area contributed by atoms with E-state index in [1.807, 2.05) is 0 Å². The van der Waals surface area contributed by atoms with Crippen LogP contribution in [0.15, 0.2) is 78.9 Å². The van der Waals surface area contributed by atoms with Gasteiger partial charge >= 0.3 is 5.97 Å². The van der Waals surface area contributed by atoms with Gasteiger partial charge in [-0.2, -0.15) is 8.42 Å². The molecule has 9 nitrogen and oxygen atoms in total. The molecule has 0 radical (unpaired) electrons. The molecule has 3 aromatic rings. The molecule has 3 rings (SSSR count). The molecule has 10 heteroatoms. The maximum atomic E-state index is 13.9. The van der Waals surface area contributed by atoms with Crippen LogP contribution in [0.3, 0.4) is 0 Å². The van der Waals surface area contributed by atoms with Gasteiger partial charge in [0.1, 0.15) is 5.75 Å². The van der Waals surface area contributed by atoms with E-state index in [0.717, 1.165) is 6.26 Å². The fraction of sp³-hybridized carbons (Fsp3) is 0.276. The first kappa shape index (κ1) is 29.5. The number of hydrogen-bond donors (Lipinski definition) is 1. The standard InChI is InChI=1S/C29H31NO8S/c1-4-37-26(31)18-19-29(38-39(3,34)35,20-21-10-6-5-7-11-21)28(33)30-25-13-9-8-12-24(25)27(32)22-14-16-23(36-2)17-15-22/h5-17H,4,18-20H2,1-3H3,(H,30,33). The number of anilines is 1. The largest absolute Gasteiger partial charge is 0.497 e. The highest BCUT2D eigenvalue weighted by Gasteiger charge is 2.44. The lowest BCUT2D eigenvalue weighted by molar-refractivity contribution is -0.145. The van der Waals surface area contributed by atoms with Gasteiger partial charge in [-0.15, -0.1) is 0 Å². The molecule has 1 N–H and O–H groups in total.